The third-order valence-corrected chi connectivity index (χ3v) is 13.2. The Labute approximate surface area is 479 Å². The molecule has 12 N–H and O–H groups in total. The van der Waals surface area contributed by atoms with Crippen molar-refractivity contribution in [3.63, 3.8) is 0 Å². The quantitative estimate of drug-likeness (QED) is 0.0211. The Bertz CT molecular complexity index is 3050. The van der Waals surface area contributed by atoms with Gasteiger partial charge in [-0.3, -0.25) is 38.3 Å². The molecule has 2 aromatic heterocycles. The van der Waals surface area contributed by atoms with Crippen molar-refractivity contribution in [1.82, 2.24) is 45.3 Å². The molecule has 5 aromatic rings. The van der Waals surface area contributed by atoms with Gasteiger partial charge in [-0.05, 0) is 72.6 Å². The van der Waals surface area contributed by atoms with Crippen molar-refractivity contribution < 1.29 is 67.5 Å². The number of benzene rings is 3. The summed E-state index contributed by atoms with van der Waals surface area (Å²) in [6.07, 6.45) is 1.71. The molecule has 1 unspecified atom stereocenters. The van der Waals surface area contributed by atoms with E-state index in [1.54, 1.807) is 63.2 Å². The normalized spacial score (nSPS) is 13.2. The number of anilines is 2. The van der Waals surface area contributed by atoms with Crippen LogP contribution in [0, 0.1) is 5.92 Å². The van der Waals surface area contributed by atoms with Crippen LogP contribution in [-0.2, 0) is 64.2 Å². The number of primary amides is 1. The van der Waals surface area contributed by atoms with Crippen LogP contribution in [0.1, 0.15) is 73.9 Å². The van der Waals surface area contributed by atoms with Crippen molar-refractivity contribution in [1.29, 1.82) is 0 Å². The lowest BCUT2D eigenvalue weighted by atomic mass is 9.95. The van der Waals surface area contributed by atoms with Gasteiger partial charge < -0.3 is 72.4 Å². The van der Waals surface area contributed by atoms with E-state index in [0.717, 1.165) is 16.0 Å². The second kappa shape index (κ2) is 31.3. The number of nitrogens with zero attached hydrogens (tertiary/aromatic N) is 6. The van der Waals surface area contributed by atoms with Gasteiger partial charge in [0.05, 0.1) is 72.5 Å². The zero-order chi connectivity index (χ0) is 60.0. The molecule has 0 bridgehead atoms. The number of hydrogen-bond acceptors (Lipinski definition) is 18. The van der Waals surface area contributed by atoms with Gasteiger partial charge in [0, 0.05) is 49.5 Å². The average Bonchev–Trinajstić information content (AvgIpc) is 3.65. The summed E-state index contributed by atoms with van der Waals surface area (Å²) in [5.74, 6) is -2.35. The number of carbonyl (C=O) groups excluding carboxylic acids is 6. The maximum Gasteiger partial charge on any atom is 0.408 e. The molecular weight excluding hydrogens is 1080 g/mol. The van der Waals surface area contributed by atoms with E-state index in [4.69, 9.17) is 40.9 Å². The van der Waals surface area contributed by atoms with Crippen molar-refractivity contribution in [2.45, 2.75) is 84.2 Å². The van der Waals surface area contributed by atoms with Gasteiger partial charge in [-0.1, -0.05) is 62.4 Å². The summed E-state index contributed by atoms with van der Waals surface area (Å²) >= 11 is 0. The standard InChI is InChI=1S/C56H73N13O14/c1-5-83-54-65-49(58)48-50(66-54)69(55(76)64-48)33-39-15-10-37(30-43(39)79-4)32-68(56(77)78)42(38-13-8-36(31-57)9-14-38)29-35-11-16-40(17-12-35)61-51(73)41(7-6-21-60-53(59)75)62-52(74)47(34(2)3)63-44(70)20-23-80-25-27-82-28-26-81-24-22-67-45(71)18-19-46(67)72/h8-19,30,34,41-42,47H,5-7,20-29,31-33,57H2,1-4H3,(H,61,73)(H,62,74)(H,63,70)(H,64,76)(H,77,78)(H2,58,65,66)(H3,59,60,75)/t41-,42?,47-/m0/s1. The number of rotatable bonds is 34. The highest BCUT2D eigenvalue weighted by Gasteiger charge is 2.30. The Balaban J connectivity index is 1.07. The van der Waals surface area contributed by atoms with Gasteiger partial charge in [0.1, 0.15) is 17.8 Å². The Kier molecular flexibility index (Phi) is 23.9. The number of nitrogens with two attached hydrogens (primary N) is 3. The number of carbonyl (C=O) groups is 7. The molecule has 0 spiro atoms. The Morgan fingerprint density at radius 1 is 0.807 bits per heavy atom. The number of ether oxygens (including phenoxy) is 5. The third-order valence-electron chi connectivity index (χ3n) is 13.2. The van der Waals surface area contributed by atoms with Crippen molar-refractivity contribution in [3.05, 3.63) is 107 Å². The number of imide groups is 1. The number of amides is 8. The van der Waals surface area contributed by atoms with E-state index < -0.39 is 48.0 Å². The van der Waals surface area contributed by atoms with Crippen LogP contribution in [0.25, 0.3) is 11.2 Å². The highest BCUT2D eigenvalue weighted by Crippen LogP contribution is 2.32. The first kappa shape index (κ1) is 63.3. The van der Waals surface area contributed by atoms with E-state index in [0.29, 0.717) is 28.1 Å². The monoisotopic (exact) mass is 1150 g/mol. The molecule has 0 fully saturated rings. The SMILES string of the molecule is CCOc1nc(N)c2nc(O)n(Cc3ccc(CN(C(=O)O)C(Cc4ccc(NC(=O)[C@H](CCCNC(N)=O)NC(=O)[C@@H](NC(=O)CCOCCOCCOCCN5C(=O)C=CC5=O)C(C)C)cc4)c4ccc(CN)cc4)cc3OC)c2n1. The molecule has 3 heterocycles. The number of fused-ring (bicyclic) bond motifs is 1. The minimum atomic E-state index is -1.20. The summed E-state index contributed by atoms with van der Waals surface area (Å²) in [6, 6.07) is 15.5. The summed E-state index contributed by atoms with van der Waals surface area (Å²) < 4.78 is 29.1. The van der Waals surface area contributed by atoms with Crippen LogP contribution in [0.2, 0.25) is 0 Å². The van der Waals surface area contributed by atoms with E-state index in [-0.39, 0.29) is 151 Å². The van der Waals surface area contributed by atoms with Crippen LogP contribution in [0.3, 0.4) is 0 Å². The van der Waals surface area contributed by atoms with Crippen molar-refractivity contribution in [2.24, 2.45) is 17.4 Å². The van der Waals surface area contributed by atoms with E-state index in [9.17, 15) is 43.8 Å². The molecule has 83 heavy (non-hydrogen) atoms. The van der Waals surface area contributed by atoms with Crippen LogP contribution >= 0.6 is 0 Å². The topological polar surface area (TPSA) is 382 Å². The number of nitrogen functional groups attached to an aromatic ring is 1. The largest absolute Gasteiger partial charge is 0.496 e. The van der Waals surface area contributed by atoms with Gasteiger partial charge >= 0.3 is 18.1 Å². The first-order valence-electron chi connectivity index (χ1n) is 27.0. The first-order valence-corrected chi connectivity index (χ1v) is 27.0. The van der Waals surface area contributed by atoms with Crippen LogP contribution < -0.4 is 47.9 Å². The lowest BCUT2D eigenvalue weighted by Gasteiger charge is -2.31. The zero-order valence-corrected chi connectivity index (χ0v) is 46.8. The molecule has 0 saturated carbocycles. The molecule has 0 aliphatic carbocycles. The maximum absolute atomic E-state index is 14.0. The number of imidazole rings is 1. The minimum absolute atomic E-state index is 0.0220. The summed E-state index contributed by atoms with van der Waals surface area (Å²) in [7, 11) is 1.48. The van der Waals surface area contributed by atoms with Gasteiger partial charge in [0.25, 0.3) is 17.8 Å². The highest BCUT2D eigenvalue weighted by atomic mass is 16.5. The molecule has 6 rings (SSSR count). The molecule has 27 nitrogen and oxygen atoms in total. The summed E-state index contributed by atoms with van der Waals surface area (Å²) in [4.78, 5) is 104. The van der Waals surface area contributed by atoms with Crippen molar-refractivity contribution in [2.75, 3.05) is 77.5 Å². The lowest BCUT2D eigenvalue weighted by molar-refractivity contribution is -0.137. The molecular formula is C56H73N13O14. The second-order valence-corrected chi connectivity index (χ2v) is 19.4. The number of methoxy groups -OCH3 is 1. The Morgan fingerprint density at radius 2 is 1.46 bits per heavy atom. The van der Waals surface area contributed by atoms with Crippen LogP contribution in [0.15, 0.2) is 78.9 Å². The van der Waals surface area contributed by atoms with Crippen LogP contribution in [-0.4, -0.2) is 160 Å². The smallest absolute Gasteiger partial charge is 0.408 e. The predicted octanol–water partition coefficient (Wildman–Crippen LogP) is 2.87. The van der Waals surface area contributed by atoms with Crippen LogP contribution in [0.4, 0.5) is 21.1 Å². The van der Waals surface area contributed by atoms with Crippen LogP contribution in [0.5, 0.6) is 17.8 Å². The summed E-state index contributed by atoms with van der Waals surface area (Å²) in [5.41, 5.74) is 21.6. The molecule has 1 aliphatic heterocycles. The molecule has 3 atom stereocenters. The molecule has 1 aliphatic rings. The molecule has 3 aromatic carbocycles. The second-order valence-electron chi connectivity index (χ2n) is 19.4. The van der Waals surface area contributed by atoms with Gasteiger partial charge in [-0.2, -0.15) is 15.0 Å². The zero-order valence-electron chi connectivity index (χ0n) is 46.8. The predicted molar refractivity (Wildman–Crippen MR) is 303 cm³/mol. The first-order chi connectivity index (χ1) is 39.9. The Morgan fingerprint density at radius 3 is 2.08 bits per heavy atom. The van der Waals surface area contributed by atoms with E-state index in [1.165, 1.54) is 28.7 Å². The number of aromatic nitrogens is 4. The van der Waals surface area contributed by atoms with Gasteiger partial charge in [-0.25, -0.2) is 9.59 Å². The van der Waals surface area contributed by atoms with Crippen molar-refractivity contribution in [3.8, 4) is 17.8 Å². The molecule has 27 heteroatoms. The van der Waals surface area contributed by atoms with Crippen molar-refractivity contribution >= 4 is 64.3 Å². The fourth-order valence-corrected chi connectivity index (χ4v) is 8.83. The number of carboxylic acid groups (broad SMARTS) is 1. The van der Waals surface area contributed by atoms with Gasteiger partial charge in [0.15, 0.2) is 17.0 Å². The van der Waals surface area contributed by atoms with E-state index in [1.807, 2.05) is 24.3 Å². The maximum atomic E-state index is 14.0. The Hall–Kier alpha value is -8.92. The number of aromatic hydroxyl groups is 1. The molecule has 8 amide bonds. The van der Waals surface area contributed by atoms with E-state index in [2.05, 4.69) is 36.2 Å². The third kappa shape index (κ3) is 18.6. The number of urea groups is 1. The van der Waals surface area contributed by atoms with E-state index >= 15 is 0 Å². The fourth-order valence-electron chi connectivity index (χ4n) is 8.83. The summed E-state index contributed by atoms with van der Waals surface area (Å²) in [5, 5.41) is 32.5. The molecule has 446 valence electrons. The molecule has 0 radical (unpaired) electrons. The fraction of sp³-hybridized carbons (Fsp3) is 0.429. The highest BCUT2D eigenvalue weighted by molar-refractivity contribution is 6.12. The average molecular weight is 1150 g/mol. The summed E-state index contributed by atoms with van der Waals surface area (Å²) in [6.45, 7) is 7.18. The lowest BCUT2D eigenvalue weighted by Crippen LogP contribution is -2.54. The number of nitrogens with one attached hydrogen (secondary N) is 4. The minimum Gasteiger partial charge on any atom is -0.496 e. The molecule has 0 saturated heterocycles. The van der Waals surface area contributed by atoms with Gasteiger partial charge in [-0.15, -0.1) is 0 Å². The number of hydrogen-bond donors (Lipinski definition) is 9. The van der Waals surface area contributed by atoms with Gasteiger partial charge in [0.2, 0.25) is 17.7 Å².